The van der Waals surface area contributed by atoms with E-state index in [2.05, 4.69) is 24.5 Å². The van der Waals surface area contributed by atoms with Gasteiger partial charge in [0.1, 0.15) is 10.6 Å². The van der Waals surface area contributed by atoms with Crippen LogP contribution in [0.4, 0.5) is 5.00 Å². The molecule has 1 heterocycles. The van der Waals surface area contributed by atoms with Gasteiger partial charge >= 0.3 is 17.9 Å². The maximum absolute atomic E-state index is 12.7. The van der Waals surface area contributed by atoms with E-state index in [1.54, 1.807) is 33.3 Å². The summed E-state index contributed by atoms with van der Waals surface area (Å²) >= 11 is 1.30. The number of anilines is 1. The minimum absolute atomic E-state index is 0.155. The van der Waals surface area contributed by atoms with Crippen molar-refractivity contribution in [3.05, 3.63) is 29.1 Å². The number of aliphatic carboxylic acids is 2. The van der Waals surface area contributed by atoms with E-state index >= 15 is 0 Å². The van der Waals surface area contributed by atoms with Crippen LogP contribution < -0.4 is 20.1 Å². The lowest BCUT2D eigenvalue weighted by Gasteiger charge is -2.11. The van der Waals surface area contributed by atoms with Crippen LogP contribution in [0.2, 0.25) is 0 Å². The van der Waals surface area contributed by atoms with Crippen LogP contribution in [0.25, 0.3) is 11.1 Å². The first-order valence-electron chi connectivity index (χ1n) is 11.0. The monoisotopic (exact) mass is 524 g/mol. The molecule has 0 saturated carbocycles. The van der Waals surface area contributed by atoms with E-state index < -0.39 is 17.9 Å². The second-order valence-electron chi connectivity index (χ2n) is 7.65. The molecule has 0 aliphatic heterocycles. The smallest absolute Gasteiger partial charge is 0.414 e. The van der Waals surface area contributed by atoms with Crippen LogP contribution in [0.3, 0.4) is 0 Å². The maximum Gasteiger partial charge on any atom is 0.414 e. The van der Waals surface area contributed by atoms with Crippen LogP contribution in [0, 0.1) is 5.92 Å². The van der Waals surface area contributed by atoms with E-state index in [9.17, 15) is 9.59 Å². The van der Waals surface area contributed by atoms with Gasteiger partial charge in [0.25, 0.3) is 0 Å². The minimum atomic E-state index is -1.82. The number of carbonyl (C=O) groups excluding carboxylic acids is 2. The second kappa shape index (κ2) is 15.4. The third kappa shape index (κ3) is 9.55. The number of rotatable bonds is 11. The highest BCUT2D eigenvalue weighted by molar-refractivity contribution is 7.15. The Morgan fingerprint density at radius 3 is 2.19 bits per heavy atom. The fourth-order valence-corrected chi connectivity index (χ4v) is 3.83. The number of carboxylic acid groups (broad SMARTS) is 2. The topological polar surface area (TPSA) is 160 Å². The molecule has 0 aliphatic carbocycles. The molecule has 198 valence electrons. The Balaban J connectivity index is 0.000000960. The molecule has 2 aromatic rings. The summed E-state index contributed by atoms with van der Waals surface area (Å²) in [5.41, 5.74) is 1.79. The third-order valence-corrected chi connectivity index (χ3v) is 5.38. The molecule has 0 spiro atoms. The number of ether oxygens (including phenoxy) is 3. The molecule has 1 aromatic carbocycles. The zero-order chi connectivity index (χ0) is 27.3. The van der Waals surface area contributed by atoms with Gasteiger partial charge in [0.05, 0.1) is 20.8 Å². The Kier molecular flexibility index (Phi) is 13.0. The van der Waals surface area contributed by atoms with Gasteiger partial charge in [-0.1, -0.05) is 19.9 Å². The molecule has 1 aromatic heterocycles. The Bertz CT molecular complexity index is 1040. The van der Waals surface area contributed by atoms with Gasteiger partial charge in [0, 0.05) is 23.9 Å². The van der Waals surface area contributed by atoms with Gasteiger partial charge in [0.2, 0.25) is 5.91 Å². The van der Waals surface area contributed by atoms with Crippen LogP contribution in [0.1, 0.15) is 37.6 Å². The van der Waals surface area contributed by atoms with E-state index in [0.717, 1.165) is 12.1 Å². The quantitative estimate of drug-likeness (QED) is 0.195. The van der Waals surface area contributed by atoms with Crippen molar-refractivity contribution in [2.24, 2.45) is 5.92 Å². The number of carbonyl (C=O) groups is 4. The van der Waals surface area contributed by atoms with E-state index in [1.807, 2.05) is 11.4 Å². The largest absolute Gasteiger partial charge is 0.493 e. The van der Waals surface area contributed by atoms with Crippen LogP contribution in [-0.2, 0) is 19.1 Å². The Hall–Kier alpha value is -3.64. The highest BCUT2D eigenvalue weighted by Crippen LogP contribution is 2.39. The number of methoxy groups -OCH3 is 2. The van der Waals surface area contributed by atoms with Crippen molar-refractivity contribution in [3.8, 4) is 22.6 Å². The SMILES string of the molecule is CCOC(=O)c1c(-c2ccc(OC)c(OC)c2)csc1NC(=O)CCNCC(C)C.O=C(O)C(=O)O. The van der Waals surface area contributed by atoms with Crippen LogP contribution in [-0.4, -0.2) is 67.9 Å². The third-order valence-electron chi connectivity index (χ3n) is 4.48. The summed E-state index contributed by atoms with van der Waals surface area (Å²) < 4.78 is 15.9. The van der Waals surface area contributed by atoms with E-state index in [-0.39, 0.29) is 12.5 Å². The molecular weight excluding hydrogens is 492 g/mol. The van der Waals surface area contributed by atoms with Crippen molar-refractivity contribution in [1.29, 1.82) is 0 Å². The van der Waals surface area contributed by atoms with E-state index in [1.165, 1.54) is 11.3 Å². The number of carboxylic acids is 2. The lowest BCUT2D eigenvalue weighted by atomic mass is 10.0. The molecule has 0 saturated heterocycles. The molecule has 12 heteroatoms. The molecule has 4 N–H and O–H groups in total. The summed E-state index contributed by atoms with van der Waals surface area (Å²) in [5.74, 6) is -2.61. The summed E-state index contributed by atoms with van der Waals surface area (Å²) in [6.07, 6.45) is 0.318. The first-order valence-corrected chi connectivity index (χ1v) is 11.9. The summed E-state index contributed by atoms with van der Waals surface area (Å²) in [6, 6.07) is 5.41. The molecule has 0 aliphatic rings. The molecular formula is C24H32N2O9S. The van der Waals surface area contributed by atoms with Gasteiger partial charge < -0.3 is 35.1 Å². The average molecular weight is 525 g/mol. The molecule has 0 bridgehead atoms. The van der Waals surface area contributed by atoms with Crippen molar-refractivity contribution < 1.29 is 43.6 Å². The standard InChI is InChI=1S/C22H30N2O5S.C2H2O4/c1-6-29-22(26)20-16(15-7-8-17(27-4)18(11-15)28-5)13-30-21(20)24-19(25)9-10-23-12-14(2)3;3-1(4)2(5)6/h7-8,11,13-14,23H,6,9-10,12H2,1-5H3,(H,24,25);(H,3,4)(H,5,6). The van der Waals surface area contributed by atoms with Crippen LogP contribution >= 0.6 is 11.3 Å². The first kappa shape index (κ1) is 30.4. The zero-order valence-electron chi connectivity index (χ0n) is 20.9. The van der Waals surface area contributed by atoms with E-state index in [0.29, 0.717) is 46.5 Å². The van der Waals surface area contributed by atoms with Gasteiger partial charge in [0.15, 0.2) is 11.5 Å². The van der Waals surface area contributed by atoms with Crippen LogP contribution in [0.15, 0.2) is 23.6 Å². The number of nitrogens with one attached hydrogen (secondary N) is 2. The Morgan fingerprint density at radius 1 is 1.03 bits per heavy atom. The second-order valence-corrected chi connectivity index (χ2v) is 8.53. The highest BCUT2D eigenvalue weighted by atomic mass is 32.1. The fourth-order valence-electron chi connectivity index (χ4n) is 2.85. The molecule has 0 fully saturated rings. The Morgan fingerprint density at radius 2 is 1.67 bits per heavy atom. The van der Waals surface area contributed by atoms with Crippen molar-refractivity contribution in [2.45, 2.75) is 27.2 Å². The molecule has 11 nitrogen and oxygen atoms in total. The van der Waals surface area contributed by atoms with Gasteiger partial charge in [-0.3, -0.25) is 4.79 Å². The maximum atomic E-state index is 12.7. The van der Waals surface area contributed by atoms with Gasteiger partial charge in [-0.15, -0.1) is 11.3 Å². The predicted octanol–water partition coefficient (Wildman–Crippen LogP) is 3.34. The number of benzene rings is 1. The first-order chi connectivity index (χ1) is 17.0. The normalized spacial score (nSPS) is 10.2. The molecule has 0 atom stereocenters. The lowest BCUT2D eigenvalue weighted by Crippen LogP contribution is -2.25. The molecule has 0 radical (unpaired) electrons. The lowest BCUT2D eigenvalue weighted by molar-refractivity contribution is -0.159. The van der Waals surface area contributed by atoms with Crippen molar-refractivity contribution >= 4 is 40.2 Å². The fraction of sp³-hybridized carbons (Fsp3) is 0.417. The number of hydrogen-bond donors (Lipinski definition) is 4. The number of amides is 1. The summed E-state index contributed by atoms with van der Waals surface area (Å²) in [6.45, 7) is 7.64. The van der Waals surface area contributed by atoms with Crippen molar-refractivity contribution in [3.63, 3.8) is 0 Å². The van der Waals surface area contributed by atoms with Crippen LogP contribution in [0.5, 0.6) is 11.5 Å². The molecule has 36 heavy (non-hydrogen) atoms. The number of esters is 1. The minimum Gasteiger partial charge on any atom is -0.493 e. The van der Waals surface area contributed by atoms with Gasteiger partial charge in [-0.2, -0.15) is 0 Å². The zero-order valence-corrected chi connectivity index (χ0v) is 21.7. The number of thiophene rings is 1. The highest BCUT2D eigenvalue weighted by Gasteiger charge is 2.23. The average Bonchev–Trinajstić information content (AvgIpc) is 3.25. The molecule has 1 amide bonds. The number of hydrogen-bond acceptors (Lipinski definition) is 9. The summed E-state index contributed by atoms with van der Waals surface area (Å²) in [7, 11) is 3.12. The Labute approximate surface area is 213 Å². The predicted molar refractivity (Wildman–Crippen MR) is 135 cm³/mol. The molecule has 0 unspecified atom stereocenters. The van der Waals surface area contributed by atoms with Gasteiger partial charge in [-0.25, -0.2) is 14.4 Å². The summed E-state index contributed by atoms with van der Waals surface area (Å²) in [5, 5.41) is 23.2. The van der Waals surface area contributed by atoms with Crippen molar-refractivity contribution in [2.75, 3.05) is 39.2 Å². The van der Waals surface area contributed by atoms with Gasteiger partial charge in [-0.05, 0) is 37.1 Å². The van der Waals surface area contributed by atoms with Crippen molar-refractivity contribution in [1.82, 2.24) is 5.32 Å². The summed E-state index contributed by atoms with van der Waals surface area (Å²) in [4.78, 5) is 43.3. The van der Waals surface area contributed by atoms with E-state index in [4.69, 9.17) is 34.0 Å². The molecule has 2 rings (SSSR count).